The van der Waals surface area contributed by atoms with E-state index >= 15 is 0 Å². The van der Waals surface area contributed by atoms with Crippen LogP contribution in [0.15, 0.2) is 0 Å². The molecule has 0 bridgehead atoms. The molecule has 0 spiro atoms. The number of nitrogen functional groups attached to an aromatic ring is 1. The summed E-state index contributed by atoms with van der Waals surface area (Å²) in [5.41, 5.74) is 5.30. The molecule has 0 atom stereocenters. The maximum Gasteiger partial charge on any atom is 0.282 e. The summed E-state index contributed by atoms with van der Waals surface area (Å²) in [7, 11) is 3.93. The number of nitrogens with zero attached hydrogens (tertiary/aromatic N) is 3. The van der Waals surface area contributed by atoms with Crippen molar-refractivity contribution in [3.8, 4) is 0 Å². The molecule has 3 N–H and O–H groups in total. The lowest BCUT2D eigenvalue weighted by molar-refractivity contribution is 0.0918. The third kappa shape index (κ3) is 3.14. The van der Waals surface area contributed by atoms with E-state index in [9.17, 15) is 4.79 Å². The lowest BCUT2D eigenvalue weighted by Gasteiger charge is -2.32. The van der Waals surface area contributed by atoms with Crippen LogP contribution in [0.5, 0.6) is 0 Å². The van der Waals surface area contributed by atoms with E-state index in [1.165, 1.54) is 0 Å². The molecule has 1 rings (SSSR count). The van der Waals surface area contributed by atoms with Crippen molar-refractivity contribution in [1.29, 1.82) is 0 Å². The van der Waals surface area contributed by atoms with Crippen LogP contribution in [0.1, 0.15) is 23.6 Å². The number of aromatic nitrogens is 2. The molecule has 6 nitrogen and oxygen atoms in total. The van der Waals surface area contributed by atoms with Crippen LogP contribution in [-0.2, 0) is 0 Å². The number of rotatable bonds is 4. The Morgan fingerprint density at radius 3 is 2.56 bits per heavy atom. The minimum absolute atomic E-state index is 0.105. The average Bonchev–Trinajstić information content (AvgIpc) is 2.61. The average molecular weight is 243 g/mol. The fraction of sp³-hybridized carbons (Fsp3) is 0.667. The third-order valence-corrected chi connectivity index (χ3v) is 3.28. The number of nitrogens with one attached hydrogen (secondary N) is 1. The second kappa shape index (κ2) is 4.75. The van der Waals surface area contributed by atoms with Gasteiger partial charge < -0.3 is 16.0 Å². The maximum atomic E-state index is 11.7. The van der Waals surface area contributed by atoms with E-state index in [0.29, 0.717) is 16.7 Å². The molecule has 0 aliphatic rings. The molecule has 1 amide bonds. The molecule has 0 fully saturated rings. The zero-order valence-corrected chi connectivity index (χ0v) is 10.8. The molecule has 1 aromatic rings. The van der Waals surface area contributed by atoms with E-state index in [-0.39, 0.29) is 11.4 Å². The molecule has 0 saturated carbocycles. The SMILES string of the molecule is CN(C)C(C)(C)CNC(=O)c1nnc(N)s1. The molecule has 0 saturated heterocycles. The highest BCUT2D eigenvalue weighted by Crippen LogP contribution is 2.12. The molecule has 0 aromatic carbocycles. The van der Waals surface area contributed by atoms with Gasteiger partial charge in [-0.15, -0.1) is 10.2 Å². The molecule has 0 aliphatic heterocycles. The monoisotopic (exact) mass is 243 g/mol. The van der Waals surface area contributed by atoms with Crippen molar-refractivity contribution in [2.45, 2.75) is 19.4 Å². The van der Waals surface area contributed by atoms with E-state index in [4.69, 9.17) is 5.73 Å². The second-order valence-corrected chi connectivity index (χ2v) is 5.34. The number of hydrogen-bond acceptors (Lipinski definition) is 6. The van der Waals surface area contributed by atoms with Gasteiger partial charge >= 0.3 is 0 Å². The number of hydrogen-bond donors (Lipinski definition) is 2. The summed E-state index contributed by atoms with van der Waals surface area (Å²) in [6.45, 7) is 4.63. The summed E-state index contributed by atoms with van der Waals surface area (Å²) in [6.07, 6.45) is 0. The van der Waals surface area contributed by atoms with Crippen molar-refractivity contribution in [3.05, 3.63) is 5.01 Å². The van der Waals surface area contributed by atoms with Crippen molar-refractivity contribution < 1.29 is 4.79 Å². The fourth-order valence-corrected chi connectivity index (χ4v) is 1.38. The van der Waals surface area contributed by atoms with Crippen LogP contribution < -0.4 is 11.1 Å². The minimum atomic E-state index is -0.232. The summed E-state index contributed by atoms with van der Waals surface area (Å²) in [6, 6.07) is 0. The molecule has 1 heterocycles. The van der Waals surface area contributed by atoms with Crippen LogP contribution in [0.25, 0.3) is 0 Å². The molecule has 90 valence electrons. The van der Waals surface area contributed by atoms with Gasteiger partial charge in [-0.05, 0) is 27.9 Å². The lowest BCUT2D eigenvalue weighted by Crippen LogP contribution is -2.48. The first-order valence-electron chi connectivity index (χ1n) is 4.87. The first kappa shape index (κ1) is 12.9. The van der Waals surface area contributed by atoms with Gasteiger partial charge in [-0.25, -0.2) is 0 Å². The molecule has 0 aliphatic carbocycles. The van der Waals surface area contributed by atoms with E-state index in [1.54, 1.807) is 0 Å². The molecule has 1 aromatic heterocycles. The van der Waals surface area contributed by atoms with E-state index in [1.807, 2.05) is 32.8 Å². The Morgan fingerprint density at radius 2 is 2.12 bits per heavy atom. The normalized spacial score (nSPS) is 11.8. The van der Waals surface area contributed by atoms with Crippen molar-refractivity contribution in [1.82, 2.24) is 20.4 Å². The van der Waals surface area contributed by atoms with Gasteiger partial charge in [0.05, 0.1) is 0 Å². The van der Waals surface area contributed by atoms with E-state index in [0.717, 1.165) is 11.3 Å². The first-order chi connectivity index (χ1) is 7.33. The minimum Gasteiger partial charge on any atom is -0.374 e. The smallest absolute Gasteiger partial charge is 0.282 e. The summed E-state index contributed by atoms with van der Waals surface area (Å²) in [5.74, 6) is -0.232. The third-order valence-electron chi connectivity index (χ3n) is 2.53. The standard InChI is InChI=1S/C9H17N5OS/c1-9(2,14(3)4)5-11-6(15)7-12-13-8(10)16-7/h5H2,1-4H3,(H2,10,13)(H,11,15). The number of carbonyl (C=O) groups excluding carboxylic acids is 1. The van der Waals surface area contributed by atoms with Crippen LogP contribution in [-0.4, -0.2) is 47.2 Å². The van der Waals surface area contributed by atoms with Gasteiger partial charge in [0, 0.05) is 12.1 Å². The molecule has 0 unspecified atom stereocenters. The number of anilines is 1. The van der Waals surface area contributed by atoms with Gasteiger partial charge in [-0.3, -0.25) is 4.79 Å². The highest BCUT2D eigenvalue weighted by Gasteiger charge is 2.22. The second-order valence-electron chi connectivity index (χ2n) is 4.33. The van der Waals surface area contributed by atoms with Crippen LogP contribution in [0.2, 0.25) is 0 Å². The molecule has 16 heavy (non-hydrogen) atoms. The number of likely N-dealkylation sites (N-methyl/N-ethyl adjacent to an activating group) is 1. The van der Waals surface area contributed by atoms with Gasteiger partial charge in [0.15, 0.2) is 0 Å². The summed E-state index contributed by atoms with van der Waals surface area (Å²) >= 11 is 1.08. The number of carbonyl (C=O) groups is 1. The number of nitrogens with two attached hydrogens (primary N) is 1. The highest BCUT2D eigenvalue weighted by atomic mass is 32.1. The molecule has 7 heteroatoms. The Bertz CT molecular complexity index is 374. The van der Waals surface area contributed by atoms with Crippen LogP contribution in [0, 0.1) is 0 Å². The van der Waals surface area contributed by atoms with Crippen LogP contribution >= 0.6 is 11.3 Å². The van der Waals surface area contributed by atoms with Gasteiger partial charge in [0.2, 0.25) is 10.1 Å². The molecular formula is C9H17N5OS. The zero-order valence-electron chi connectivity index (χ0n) is 9.94. The quantitative estimate of drug-likeness (QED) is 0.788. The van der Waals surface area contributed by atoms with Crippen molar-refractivity contribution in [2.75, 3.05) is 26.4 Å². The van der Waals surface area contributed by atoms with Gasteiger partial charge in [-0.1, -0.05) is 11.3 Å². The summed E-state index contributed by atoms with van der Waals surface area (Å²) in [5, 5.41) is 10.7. The summed E-state index contributed by atoms with van der Waals surface area (Å²) in [4.78, 5) is 13.7. The van der Waals surface area contributed by atoms with Gasteiger partial charge in [0.25, 0.3) is 5.91 Å². The maximum absolute atomic E-state index is 11.7. The largest absolute Gasteiger partial charge is 0.374 e. The van der Waals surface area contributed by atoms with Crippen LogP contribution in [0.3, 0.4) is 0 Å². The van der Waals surface area contributed by atoms with Crippen LogP contribution in [0.4, 0.5) is 5.13 Å². The van der Waals surface area contributed by atoms with E-state index < -0.39 is 0 Å². The Morgan fingerprint density at radius 1 is 1.50 bits per heavy atom. The Kier molecular flexibility index (Phi) is 3.82. The first-order valence-corrected chi connectivity index (χ1v) is 5.69. The molecule has 0 radical (unpaired) electrons. The Hall–Kier alpha value is -1.21. The van der Waals surface area contributed by atoms with Gasteiger partial charge in [-0.2, -0.15) is 0 Å². The van der Waals surface area contributed by atoms with Crippen molar-refractivity contribution in [3.63, 3.8) is 0 Å². The predicted molar refractivity (Wildman–Crippen MR) is 64.4 cm³/mol. The fourth-order valence-electron chi connectivity index (χ4n) is 0.857. The number of amides is 1. The van der Waals surface area contributed by atoms with Crippen molar-refractivity contribution in [2.24, 2.45) is 0 Å². The Labute approximate surface area is 98.8 Å². The highest BCUT2D eigenvalue weighted by molar-refractivity contribution is 7.16. The zero-order chi connectivity index (χ0) is 12.3. The van der Waals surface area contributed by atoms with E-state index in [2.05, 4.69) is 15.5 Å². The topological polar surface area (TPSA) is 84.1 Å². The van der Waals surface area contributed by atoms with Gasteiger partial charge in [0.1, 0.15) is 0 Å². The summed E-state index contributed by atoms with van der Waals surface area (Å²) < 4.78 is 0. The lowest BCUT2D eigenvalue weighted by atomic mass is 10.0. The Balaban J connectivity index is 2.54. The molecular weight excluding hydrogens is 226 g/mol. The van der Waals surface area contributed by atoms with Crippen molar-refractivity contribution >= 4 is 22.4 Å². The predicted octanol–water partition coefficient (Wildman–Crippen LogP) is 0.190.